The molecule has 0 saturated heterocycles. The fourth-order valence-electron chi connectivity index (χ4n) is 2.79. The molecule has 4 rings (SSSR count). The van der Waals surface area contributed by atoms with Crippen LogP contribution in [0.1, 0.15) is 10.4 Å². The first-order valence-electron chi connectivity index (χ1n) is 7.58. The number of fused-ring (bicyclic) bond motifs is 3. The zero-order valence-electron chi connectivity index (χ0n) is 13.2. The number of rotatable bonds is 2. The number of anilines is 1. The zero-order chi connectivity index (χ0) is 17.6. The Bertz CT molecular complexity index is 1180. The van der Waals surface area contributed by atoms with E-state index in [1.807, 2.05) is 0 Å². The molecule has 0 atom stereocenters. The van der Waals surface area contributed by atoms with Gasteiger partial charge in [-0.1, -0.05) is 0 Å². The van der Waals surface area contributed by atoms with Gasteiger partial charge in [-0.25, -0.2) is 8.91 Å². The second-order valence-corrected chi connectivity index (χ2v) is 5.66. The molecule has 0 radical (unpaired) electrons. The number of aryl methyl sites for hydroxylation is 1. The van der Waals surface area contributed by atoms with Crippen molar-refractivity contribution in [2.75, 3.05) is 5.32 Å². The SMILES string of the molecule is Cn1c(=O)c2ccnn2c2ccc(C(=O)Nc3ccc(F)cc3)cc21. The second-order valence-electron chi connectivity index (χ2n) is 5.66. The fraction of sp³-hybridized carbons (Fsp3) is 0.0556. The quantitative estimate of drug-likeness (QED) is 0.612. The first-order valence-corrected chi connectivity index (χ1v) is 7.58. The van der Waals surface area contributed by atoms with E-state index in [-0.39, 0.29) is 17.3 Å². The van der Waals surface area contributed by atoms with Crippen molar-refractivity contribution < 1.29 is 9.18 Å². The molecule has 0 saturated carbocycles. The van der Waals surface area contributed by atoms with Crippen molar-refractivity contribution in [2.45, 2.75) is 0 Å². The Morgan fingerprint density at radius 1 is 1.04 bits per heavy atom. The summed E-state index contributed by atoms with van der Waals surface area (Å²) >= 11 is 0. The van der Waals surface area contributed by atoms with Gasteiger partial charge in [0.2, 0.25) is 0 Å². The summed E-state index contributed by atoms with van der Waals surface area (Å²) in [5.41, 5.74) is 2.47. The molecule has 2 aromatic heterocycles. The maximum atomic E-state index is 13.0. The van der Waals surface area contributed by atoms with Gasteiger partial charge in [-0.15, -0.1) is 0 Å². The molecule has 0 bridgehead atoms. The molecule has 2 heterocycles. The summed E-state index contributed by atoms with van der Waals surface area (Å²) in [6.45, 7) is 0. The van der Waals surface area contributed by atoms with Crippen LogP contribution in [0.5, 0.6) is 0 Å². The van der Waals surface area contributed by atoms with Crippen molar-refractivity contribution >= 4 is 28.1 Å². The number of hydrogen-bond acceptors (Lipinski definition) is 3. The number of nitrogens with zero attached hydrogens (tertiary/aromatic N) is 3. The first-order chi connectivity index (χ1) is 12.0. The van der Waals surface area contributed by atoms with E-state index < -0.39 is 0 Å². The fourth-order valence-corrected chi connectivity index (χ4v) is 2.79. The van der Waals surface area contributed by atoms with Gasteiger partial charge < -0.3 is 9.88 Å². The molecule has 0 aliphatic carbocycles. The number of aromatic nitrogens is 3. The molecule has 124 valence electrons. The van der Waals surface area contributed by atoms with Gasteiger partial charge in [0, 0.05) is 18.3 Å². The van der Waals surface area contributed by atoms with Crippen molar-refractivity contribution in [3.8, 4) is 0 Å². The highest BCUT2D eigenvalue weighted by Gasteiger charge is 2.12. The maximum absolute atomic E-state index is 13.0. The molecule has 0 fully saturated rings. The van der Waals surface area contributed by atoms with Gasteiger partial charge in [0.1, 0.15) is 11.3 Å². The highest BCUT2D eigenvalue weighted by Crippen LogP contribution is 2.17. The van der Waals surface area contributed by atoms with Crippen LogP contribution in [-0.4, -0.2) is 20.1 Å². The standard InChI is InChI=1S/C18H13FN4O2/c1-22-16-10-11(17(24)21-13-5-3-12(19)4-6-13)2-7-14(16)23-15(18(22)25)8-9-20-23/h2-10H,1H3,(H,21,24). The predicted octanol–water partition coefficient (Wildman–Crippen LogP) is 2.58. The molecular weight excluding hydrogens is 323 g/mol. The smallest absolute Gasteiger partial charge is 0.276 e. The van der Waals surface area contributed by atoms with Crippen LogP contribution in [0.4, 0.5) is 10.1 Å². The first kappa shape index (κ1) is 15.1. The summed E-state index contributed by atoms with van der Waals surface area (Å²) in [4.78, 5) is 24.8. The third-order valence-electron chi connectivity index (χ3n) is 4.10. The lowest BCUT2D eigenvalue weighted by Gasteiger charge is -2.10. The van der Waals surface area contributed by atoms with E-state index in [9.17, 15) is 14.0 Å². The Morgan fingerprint density at radius 2 is 1.80 bits per heavy atom. The summed E-state index contributed by atoms with van der Waals surface area (Å²) in [6.07, 6.45) is 1.56. The summed E-state index contributed by atoms with van der Waals surface area (Å²) in [5.74, 6) is -0.719. The lowest BCUT2D eigenvalue weighted by Crippen LogP contribution is -2.20. The van der Waals surface area contributed by atoms with Gasteiger partial charge >= 0.3 is 0 Å². The van der Waals surface area contributed by atoms with Crippen LogP contribution in [0.25, 0.3) is 16.6 Å². The van der Waals surface area contributed by atoms with E-state index in [0.29, 0.717) is 22.3 Å². The largest absolute Gasteiger partial charge is 0.322 e. The minimum absolute atomic E-state index is 0.193. The number of amides is 1. The second kappa shape index (κ2) is 5.55. The van der Waals surface area contributed by atoms with Crippen LogP contribution in [0.15, 0.2) is 59.5 Å². The molecule has 1 amide bonds. The predicted molar refractivity (Wildman–Crippen MR) is 92.3 cm³/mol. The molecule has 7 heteroatoms. The highest BCUT2D eigenvalue weighted by molar-refractivity contribution is 6.06. The molecule has 6 nitrogen and oxygen atoms in total. The van der Waals surface area contributed by atoms with Crippen LogP contribution >= 0.6 is 0 Å². The molecule has 2 aromatic carbocycles. The van der Waals surface area contributed by atoms with Gasteiger partial charge in [-0.3, -0.25) is 9.59 Å². The monoisotopic (exact) mass is 336 g/mol. The molecule has 0 aliphatic heterocycles. The molecule has 1 N–H and O–H groups in total. The van der Waals surface area contributed by atoms with E-state index in [2.05, 4.69) is 10.4 Å². The number of benzene rings is 2. The third-order valence-corrected chi connectivity index (χ3v) is 4.10. The van der Waals surface area contributed by atoms with Crippen molar-refractivity contribution in [1.29, 1.82) is 0 Å². The summed E-state index contributed by atoms with van der Waals surface area (Å²) in [7, 11) is 1.65. The van der Waals surface area contributed by atoms with Gasteiger partial charge in [-0.2, -0.15) is 5.10 Å². The van der Waals surface area contributed by atoms with Crippen LogP contribution in [0.3, 0.4) is 0 Å². The highest BCUT2D eigenvalue weighted by atomic mass is 19.1. The zero-order valence-corrected chi connectivity index (χ0v) is 13.2. The summed E-state index contributed by atoms with van der Waals surface area (Å²) < 4.78 is 16.0. The average Bonchev–Trinajstić information content (AvgIpc) is 3.11. The number of carbonyl (C=O) groups is 1. The van der Waals surface area contributed by atoms with E-state index in [1.165, 1.54) is 28.8 Å². The number of nitrogens with one attached hydrogen (secondary N) is 1. The van der Waals surface area contributed by atoms with Gasteiger partial charge in [0.25, 0.3) is 11.5 Å². The Morgan fingerprint density at radius 3 is 2.56 bits per heavy atom. The Labute approximate surface area is 141 Å². The molecule has 4 aromatic rings. The minimum atomic E-state index is -0.373. The van der Waals surface area contributed by atoms with Crippen molar-refractivity contribution in [1.82, 2.24) is 14.2 Å². The summed E-state index contributed by atoms with van der Waals surface area (Å²) in [6, 6.07) is 12.2. The number of halogens is 1. The van der Waals surface area contributed by atoms with E-state index in [1.54, 1.807) is 42.0 Å². The molecule has 0 aliphatic rings. The molecule has 0 spiro atoms. The van der Waals surface area contributed by atoms with Crippen LogP contribution < -0.4 is 10.9 Å². The lowest BCUT2D eigenvalue weighted by molar-refractivity contribution is 0.102. The molecular formula is C18H13FN4O2. The van der Waals surface area contributed by atoms with E-state index in [4.69, 9.17) is 0 Å². The normalized spacial score (nSPS) is 11.1. The van der Waals surface area contributed by atoms with Crippen LogP contribution in [0.2, 0.25) is 0 Å². The Kier molecular flexibility index (Phi) is 3.35. The number of hydrogen-bond donors (Lipinski definition) is 1. The van der Waals surface area contributed by atoms with Gasteiger partial charge in [-0.05, 0) is 48.5 Å². The Hall–Kier alpha value is -3.48. The van der Waals surface area contributed by atoms with Crippen molar-refractivity contribution in [3.63, 3.8) is 0 Å². The Balaban J connectivity index is 1.79. The lowest BCUT2D eigenvalue weighted by atomic mass is 10.1. The van der Waals surface area contributed by atoms with Gasteiger partial charge in [0.15, 0.2) is 0 Å². The molecule has 25 heavy (non-hydrogen) atoms. The van der Waals surface area contributed by atoms with Crippen LogP contribution in [-0.2, 0) is 7.05 Å². The van der Waals surface area contributed by atoms with Crippen LogP contribution in [0, 0.1) is 5.82 Å². The topological polar surface area (TPSA) is 68.4 Å². The minimum Gasteiger partial charge on any atom is -0.322 e. The third kappa shape index (κ3) is 2.46. The summed E-state index contributed by atoms with van der Waals surface area (Å²) in [5, 5.41) is 6.87. The molecule has 0 unspecified atom stereocenters. The maximum Gasteiger partial charge on any atom is 0.276 e. The van der Waals surface area contributed by atoms with Crippen molar-refractivity contribution in [2.24, 2.45) is 7.05 Å². The van der Waals surface area contributed by atoms with Gasteiger partial charge in [0.05, 0.1) is 17.2 Å². The van der Waals surface area contributed by atoms with E-state index >= 15 is 0 Å². The van der Waals surface area contributed by atoms with E-state index in [0.717, 1.165) is 5.52 Å². The van der Waals surface area contributed by atoms with Crippen molar-refractivity contribution in [3.05, 3.63) is 76.5 Å². The number of carbonyl (C=O) groups excluding carboxylic acids is 1. The average molecular weight is 336 g/mol.